The summed E-state index contributed by atoms with van der Waals surface area (Å²) in [7, 11) is 0. The smallest absolute Gasteiger partial charge is 0.253 e. The summed E-state index contributed by atoms with van der Waals surface area (Å²) in [6, 6.07) is 17.3. The van der Waals surface area contributed by atoms with Crippen LogP contribution in [-0.4, -0.2) is 42.9 Å². The van der Waals surface area contributed by atoms with Gasteiger partial charge in [0, 0.05) is 55.7 Å². The van der Waals surface area contributed by atoms with Gasteiger partial charge in [-0.05, 0) is 42.3 Å². The molecule has 2 N–H and O–H groups in total. The second-order valence-electron chi connectivity index (χ2n) is 7.96. The summed E-state index contributed by atoms with van der Waals surface area (Å²) in [5.74, 6) is 0.632. The van der Waals surface area contributed by atoms with Gasteiger partial charge in [0.2, 0.25) is 5.91 Å². The topological polar surface area (TPSA) is 90.4 Å². The summed E-state index contributed by atoms with van der Waals surface area (Å²) in [5.41, 5.74) is 8.64. The number of hydrogen-bond acceptors (Lipinski definition) is 4. The molecule has 29 heavy (non-hydrogen) atoms. The summed E-state index contributed by atoms with van der Waals surface area (Å²) in [5, 5.41) is 9.05. The molecule has 0 radical (unpaired) electrons. The van der Waals surface area contributed by atoms with Crippen LogP contribution in [-0.2, 0) is 11.2 Å². The highest BCUT2D eigenvalue weighted by Gasteiger charge is 2.41. The molecule has 2 heterocycles. The van der Waals surface area contributed by atoms with Gasteiger partial charge in [-0.1, -0.05) is 18.2 Å². The van der Waals surface area contributed by atoms with Crippen molar-refractivity contribution in [1.82, 2.24) is 4.90 Å². The number of primary amides is 1. The highest BCUT2D eigenvalue weighted by Crippen LogP contribution is 2.35. The fourth-order valence-electron chi connectivity index (χ4n) is 4.45. The van der Waals surface area contributed by atoms with E-state index in [1.54, 1.807) is 24.3 Å². The summed E-state index contributed by atoms with van der Waals surface area (Å²) >= 11 is 0. The van der Waals surface area contributed by atoms with Crippen molar-refractivity contribution in [2.75, 3.05) is 31.1 Å². The lowest BCUT2D eigenvalue weighted by Gasteiger charge is -2.24. The monoisotopic (exact) mass is 388 g/mol. The maximum atomic E-state index is 12.8. The Bertz CT molecular complexity index is 967. The minimum Gasteiger partial charge on any atom is -0.371 e. The van der Waals surface area contributed by atoms with Crippen molar-refractivity contribution in [2.24, 2.45) is 17.6 Å². The van der Waals surface area contributed by atoms with Crippen LogP contribution in [0.1, 0.15) is 27.9 Å². The third kappa shape index (κ3) is 4.09. The lowest BCUT2D eigenvalue weighted by Crippen LogP contribution is -2.33. The number of hydrogen-bond donors (Lipinski definition) is 1. The third-order valence-corrected chi connectivity index (χ3v) is 5.95. The molecule has 2 aromatic carbocycles. The number of anilines is 1. The first-order valence-electron chi connectivity index (χ1n) is 9.95. The standard InChI is InChI=1S/C23H24N4O2/c24-11-17-4-1-5-18(9-17)23(29)27-14-19-12-26(13-20(19)15-27)21-6-2-3-16(10-21)7-8-22(25)28/h1-6,9-10,19-20H,7-8,12-15H2,(H2,25,28). The first kappa shape index (κ1) is 19.0. The van der Waals surface area contributed by atoms with E-state index in [0.717, 1.165) is 31.7 Å². The van der Waals surface area contributed by atoms with Gasteiger partial charge < -0.3 is 15.5 Å². The Morgan fingerprint density at radius 1 is 1.03 bits per heavy atom. The Kier molecular flexibility index (Phi) is 5.22. The molecule has 148 valence electrons. The zero-order chi connectivity index (χ0) is 20.4. The van der Waals surface area contributed by atoms with Gasteiger partial charge in [-0.2, -0.15) is 5.26 Å². The van der Waals surface area contributed by atoms with Crippen LogP contribution in [0, 0.1) is 23.2 Å². The molecule has 2 aliphatic heterocycles. The number of nitriles is 1. The molecule has 2 atom stereocenters. The number of likely N-dealkylation sites (tertiary alicyclic amines) is 1. The molecular formula is C23H24N4O2. The number of aryl methyl sites for hydroxylation is 1. The fourth-order valence-corrected chi connectivity index (χ4v) is 4.45. The number of rotatable bonds is 5. The average Bonchev–Trinajstić information content (AvgIpc) is 3.31. The highest BCUT2D eigenvalue weighted by atomic mass is 16.2. The number of nitrogens with zero attached hydrogens (tertiary/aromatic N) is 3. The van der Waals surface area contributed by atoms with Gasteiger partial charge in [-0.3, -0.25) is 9.59 Å². The van der Waals surface area contributed by atoms with Crippen LogP contribution in [0.2, 0.25) is 0 Å². The Balaban J connectivity index is 1.39. The van der Waals surface area contributed by atoms with E-state index in [1.165, 1.54) is 5.69 Å². The van der Waals surface area contributed by atoms with E-state index in [1.807, 2.05) is 17.0 Å². The maximum absolute atomic E-state index is 12.8. The first-order valence-corrected chi connectivity index (χ1v) is 9.95. The van der Waals surface area contributed by atoms with Gasteiger partial charge in [-0.15, -0.1) is 0 Å². The second kappa shape index (κ2) is 7.96. The van der Waals surface area contributed by atoms with Gasteiger partial charge in [0.1, 0.15) is 0 Å². The second-order valence-corrected chi connectivity index (χ2v) is 7.96. The molecule has 2 aromatic rings. The molecule has 6 nitrogen and oxygen atoms in total. The summed E-state index contributed by atoms with van der Waals surface area (Å²) < 4.78 is 0. The number of nitrogens with two attached hydrogens (primary N) is 1. The van der Waals surface area contributed by atoms with Crippen LogP contribution in [0.25, 0.3) is 0 Å². The Labute approximate surface area is 170 Å². The zero-order valence-electron chi connectivity index (χ0n) is 16.3. The molecular weight excluding hydrogens is 364 g/mol. The van der Waals surface area contributed by atoms with E-state index in [9.17, 15) is 9.59 Å². The van der Waals surface area contributed by atoms with Crippen LogP contribution in [0.3, 0.4) is 0 Å². The lowest BCUT2D eigenvalue weighted by atomic mass is 10.0. The largest absolute Gasteiger partial charge is 0.371 e. The molecule has 2 aliphatic rings. The van der Waals surface area contributed by atoms with Crippen molar-refractivity contribution in [3.8, 4) is 6.07 Å². The molecule has 2 unspecified atom stereocenters. The van der Waals surface area contributed by atoms with Gasteiger partial charge in [0.25, 0.3) is 5.91 Å². The van der Waals surface area contributed by atoms with Gasteiger partial charge in [0.15, 0.2) is 0 Å². The quantitative estimate of drug-likeness (QED) is 0.850. The predicted molar refractivity (Wildman–Crippen MR) is 110 cm³/mol. The van der Waals surface area contributed by atoms with Crippen molar-refractivity contribution in [1.29, 1.82) is 5.26 Å². The molecule has 0 aromatic heterocycles. The third-order valence-electron chi connectivity index (χ3n) is 5.95. The summed E-state index contributed by atoms with van der Waals surface area (Å²) in [4.78, 5) is 28.2. The van der Waals surface area contributed by atoms with E-state index >= 15 is 0 Å². The van der Waals surface area contributed by atoms with Crippen molar-refractivity contribution in [3.05, 3.63) is 65.2 Å². The number of fused-ring (bicyclic) bond motifs is 1. The zero-order valence-corrected chi connectivity index (χ0v) is 16.3. The molecule has 4 rings (SSSR count). The SMILES string of the molecule is N#Cc1cccc(C(=O)N2CC3CN(c4cccc(CCC(N)=O)c4)CC3C2)c1. The average molecular weight is 388 g/mol. The van der Waals surface area contributed by atoms with Crippen molar-refractivity contribution in [3.63, 3.8) is 0 Å². The lowest BCUT2D eigenvalue weighted by molar-refractivity contribution is -0.117. The number of benzene rings is 2. The molecule has 0 saturated carbocycles. The molecule has 6 heteroatoms. The minimum atomic E-state index is -0.281. The number of amides is 2. The molecule has 0 spiro atoms. The van der Waals surface area contributed by atoms with Crippen molar-refractivity contribution < 1.29 is 9.59 Å². The predicted octanol–water partition coefficient (Wildman–Crippen LogP) is 2.18. The van der Waals surface area contributed by atoms with E-state index in [2.05, 4.69) is 23.1 Å². The van der Waals surface area contributed by atoms with E-state index < -0.39 is 0 Å². The van der Waals surface area contributed by atoms with E-state index in [0.29, 0.717) is 35.8 Å². The Morgan fingerprint density at radius 2 is 1.76 bits per heavy atom. The normalized spacial score (nSPS) is 20.4. The van der Waals surface area contributed by atoms with E-state index in [-0.39, 0.29) is 11.8 Å². The maximum Gasteiger partial charge on any atom is 0.253 e. The van der Waals surface area contributed by atoms with Crippen LogP contribution < -0.4 is 10.6 Å². The number of carbonyl (C=O) groups excluding carboxylic acids is 2. The van der Waals surface area contributed by atoms with Crippen LogP contribution in [0.15, 0.2) is 48.5 Å². The molecule has 0 aliphatic carbocycles. The van der Waals surface area contributed by atoms with E-state index in [4.69, 9.17) is 11.0 Å². The molecule has 2 amide bonds. The summed E-state index contributed by atoms with van der Waals surface area (Å²) in [6.07, 6.45) is 1.02. The van der Waals surface area contributed by atoms with Crippen molar-refractivity contribution in [2.45, 2.75) is 12.8 Å². The fraction of sp³-hybridized carbons (Fsp3) is 0.348. The van der Waals surface area contributed by atoms with Gasteiger partial charge >= 0.3 is 0 Å². The Hall–Kier alpha value is -3.33. The van der Waals surface area contributed by atoms with Crippen LogP contribution in [0.5, 0.6) is 0 Å². The minimum absolute atomic E-state index is 0.0106. The summed E-state index contributed by atoms with van der Waals surface area (Å²) in [6.45, 7) is 3.34. The highest BCUT2D eigenvalue weighted by molar-refractivity contribution is 5.94. The molecule has 2 fully saturated rings. The van der Waals surface area contributed by atoms with Gasteiger partial charge in [0.05, 0.1) is 11.6 Å². The molecule has 0 bridgehead atoms. The number of carbonyl (C=O) groups is 2. The first-order chi connectivity index (χ1) is 14.0. The van der Waals surface area contributed by atoms with Crippen LogP contribution >= 0.6 is 0 Å². The Morgan fingerprint density at radius 3 is 2.45 bits per heavy atom. The van der Waals surface area contributed by atoms with Crippen LogP contribution in [0.4, 0.5) is 5.69 Å². The van der Waals surface area contributed by atoms with Gasteiger partial charge in [-0.25, -0.2) is 0 Å². The molecule has 2 saturated heterocycles. The van der Waals surface area contributed by atoms with Crippen molar-refractivity contribution >= 4 is 17.5 Å².